The number of nitro benzene ring substituents is 1. The van der Waals surface area contributed by atoms with Crippen LogP contribution in [-0.4, -0.2) is 40.9 Å². The van der Waals surface area contributed by atoms with E-state index in [2.05, 4.69) is 20.8 Å². The minimum absolute atomic E-state index is 0.0167. The van der Waals surface area contributed by atoms with Crippen molar-refractivity contribution in [2.75, 3.05) is 18.0 Å². The van der Waals surface area contributed by atoms with Crippen molar-refractivity contribution in [3.63, 3.8) is 0 Å². The molecule has 1 fully saturated rings. The van der Waals surface area contributed by atoms with Gasteiger partial charge in [0.15, 0.2) is 0 Å². The molecule has 1 saturated heterocycles. The lowest BCUT2D eigenvalue weighted by Crippen LogP contribution is -2.58. The summed E-state index contributed by atoms with van der Waals surface area (Å²) in [6, 6.07) is 11.8. The summed E-state index contributed by atoms with van der Waals surface area (Å²) in [4.78, 5) is 27.5. The molecule has 1 aliphatic heterocycles. The number of carbonyl (C=O) groups excluding carboxylic acids is 1. The lowest BCUT2D eigenvalue weighted by molar-refractivity contribution is -0.384. The second kappa shape index (κ2) is 7.86. The molecule has 0 bridgehead atoms. The lowest BCUT2D eigenvalue weighted by atomic mass is 10.0. The third-order valence-corrected chi connectivity index (χ3v) is 5.73. The van der Waals surface area contributed by atoms with Crippen LogP contribution in [-0.2, 0) is 0 Å². The van der Waals surface area contributed by atoms with Gasteiger partial charge in [-0.3, -0.25) is 14.9 Å². The van der Waals surface area contributed by atoms with Gasteiger partial charge in [-0.15, -0.1) is 0 Å². The summed E-state index contributed by atoms with van der Waals surface area (Å²) in [5.41, 5.74) is 1.35. The monoisotopic (exact) mass is 451 g/mol. The van der Waals surface area contributed by atoms with Crippen LogP contribution in [0.15, 0.2) is 46.9 Å². The molecule has 0 N–H and O–H groups in total. The Kier molecular flexibility index (Phi) is 5.72. The Labute approximate surface area is 171 Å². The molecule has 2 aromatic rings. The minimum Gasteiger partial charge on any atom is -0.366 e. The van der Waals surface area contributed by atoms with Crippen LogP contribution in [0.2, 0.25) is 5.02 Å². The van der Waals surface area contributed by atoms with Crippen LogP contribution in [0.5, 0.6) is 0 Å². The van der Waals surface area contributed by atoms with E-state index in [-0.39, 0.29) is 23.7 Å². The maximum Gasteiger partial charge on any atom is 0.271 e. The number of nitro groups is 1. The first-order valence-corrected chi connectivity index (χ1v) is 9.72. The van der Waals surface area contributed by atoms with Crippen molar-refractivity contribution >= 4 is 44.8 Å². The fraction of sp³-hybridized carbons (Fsp3) is 0.316. The molecule has 2 atom stereocenters. The van der Waals surface area contributed by atoms with Gasteiger partial charge in [-0.1, -0.05) is 23.7 Å². The van der Waals surface area contributed by atoms with Crippen LogP contribution >= 0.6 is 27.5 Å². The molecule has 1 aliphatic rings. The Bertz CT molecular complexity index is 880. The van der Waals surface area contributed by atoms with Gasteiger partial charge in [0.25, 0.3) is 11.6 Å². The lowest BCUT2D eigenvalue weighted by Gasteiger charge is -2.45. The molecule has 0 unspecified atom stereocenters. The Balaban J connectivity index is 1.82. The number of benzene rings is 2. The Morgan fingerprint density at radius 1 is 1.19 bits per heavy atom. The topological polar surface area (TPSA) is 66.7 Å². The van der Waals surface area contributed by atoms with Crippen LogP contribution in [0.4, 0.5) is 11.4 Å². The number of halogens is 2. The zero-order valence-electron chi connectivity index (χ0n) is 14.9. The summed E-state index contributed by atoms with van der Waals surface area (Å²) in [5.74, 6) is -0.0167. The number of hydrogen-bond donors (Lipinski definition) is 0. The number of amides is 1. The van der Waals surface area contributed by atoms with Gasteiger partial charge in [-0.25, -0.2) is 0 Å². The number of anilines is 1. The first-order chi connectivity index (χ1) is 12.8. The second-order valence-electron chi connectivity index (χ2n) is 6.69. The first kappa shape index (κ1) is 19.6. The molecule has 0 radical (unpaired) electrons. The molecule has 0 spiro atoms. The van der Waals surface area contributed by atoms with E-state index in [1.54, 1.807) is 6.07 Å². The highest BCUT2D eigenvalue weighted by atomic mass is 79.9. The van der Waals surface area contributed by atoms with E-state index >= 15 is 0 Å². The van der Waals surface area contributed by atoms with Gasteiger partial charge in [0, 0.05) is 41.8 Å². The molecule has 27 heavy (non-hydrogen) atoms. The Hall–Kier alpha value is -2.12. The van der Waals surface area contributed by atoms with E-state index in [1.165, 1.54) is 12.1 Å². The molecule has 3 rings (SSSR count). The second-order valence-corrected chi connectivity index (χ2v) is 7.95. The molecule has 0 saturated carbocycles. The number of nitrogens with zero attached hydrogens (tertiary/aromatic N) is 3. The highest BCUT2D eigenvalue weighted by Gasteiger charge is 2.34. The average Bonchev–Trinajstić information content (AvgIpc) is 2.61. The van der Waals surface area contributed by atoms with Crippen molar-refractivity contribution in [1.82, 2.24) is 4.90 Å². The molecule has 0 aromatic heterocycles. The number of carbonyl (C=O) groups is 1. The summed E-state index contributed by atoms with van der Waals surface area (Å²) in [6.45, 7) is 5.18. The zero-order chi connectivity index (χ0) is 19.7. The van der Waals surface area contributed by atoms with Crippen molar-refractivity contribution < 1.29 is 9.72 Å². The van der Waals surface area contributed by atoms with Gasteiger partial charge in [-0.05, 0) is 48.0 Å². The molecule has 142 valence electrons. The molecule has 1 heterocycles. The van der Waals surface area contributed by atoms with Crippen molar-refractivity contribution in [1.29, 1.82) is 0 Å². The molecule has 1 amide bonds. The van der Waals surface area contributed by atoms with Crippen molar-refractivity contribution in [2.45, 2.75) is 25.9 Å². The van der Waals surface area contributed by atoms with Gasteiger partial charge in [0.2, 0.25) is 0 Å². The van der Waals surface area contributed by atoms with Crippen molar-refractivity contribution in [2.24, 2.45) is 0 Å². The van der Waals surface area contributed by atoms with E-state index in [0.29, 0.717) is 23.7 Å². The quantitative estimate of drug-likeness (QED) is 0.498. The van der Waals surface area contributed by atoms with Crippen molar-refractivity contribution in [3.05, 3.63) is 67.6 Å². The zero-order valence-corrected chi connectivity index (χ0v) is 17.3. The van der Waals surface area contributed by atoms with E-state index in [4.69, 9.17) is 11.6 Å². The van der Waals surface area contributed by atoms with E-state index in [1.807, 2.05) is 43.0 Å². The highest BCUT2D eigenvalue weighted by Crippen LogP contribution is 2.33. The highest BCUT2D eigenvalue weighted by molar-refractivity contribution is 9.10. The molecule has 6 nitrogen and oxygen atoms in total. The first-order valence-electron chi connectivity index (χ1n) is 8.55. The Morgan fingerprint density at radius 2 is 1.81 bits per heavy atom. The maximum atomic E-state index is 13.0. The summed E-state index contributed by atoms with van der Waals surface area (Å²) in [6.07, 6.45) is 0. The van der Waals surface area contributed by atoms with Crippen LogP contribution in [0, 0.1) is 10.1 Å². The molecular formula is C19H19BrClN3O3. The number of non-ortho nitro benzene ring substituents is 1. The largest absolute Gasteiger partial charge is 0.366 e. The average molecular weight is 453 g/mol. The van der Waals surface area contributed by atoms with Crippen LogP contribution in [0.3, 0.4) is 0 Å². The summed E-state index contributed by atoms with van der Waals surface area (Å²) in [7, 11) is 0. The van der Waals surface area contributed by atoms with Crippen LogP contribution in [0.25, 0.3) is 0 Å². The fourth-order valence-electron chi connectivity index (χ4n) is 3.56. The van der Waals surface area contributed by atoms with E-state index in [0.717, 1.165) is 10.2 Å². The van der Waals surface area contributed by atoms with Gasteiger partial charge < -0.3 is 9.80 Å². The maximum absolute atomic E-state index is 13.0. The summed E-state index contributed by atoms with van der Waals surface area (Å²) in [5, 5.41) is 11.3. The number of piperazine rings is 1. The standard InChI is InChI=1S/C19H19BrClN3O3/c1-12-10-22(18-8-7-14(24(26)27)9-17(18)21)11-13(2)23(12)19(25)15-5-3-4-6-16(15)20/h3-9,12-13H,10-11H2,1-2H3/t12-,13-/m0/s1. The molecule has 2 aromatic carbocycles. The van der Waals surface area contributed by atoms with Crippen molar-refractivity contribution in [3.8, 4) is 0 Å². The molecule has 8 heteroatoms. The predicted molar refractivity (Wildman–Crippen MR) is 110 cm³/mol. The number of rotatable bonds is 3. The summed E-state index contributed by atoms with van der Waals surface area (Å²) < 4.78 is 0.773. The van der Waals surface area contributed by atoms with E-state index < -0.39 is 4.92 Å². The SMILES string of the molecule is C[C@H]1CN(c2ccc([N+](=O)[O-])cc2Cl)C[C@H](C)N1C(=O)c1ccccc1Br. The minimum atomic E-state index is -0.463. The third-order valence-electron chi connectivity index (χ3n) is 4.74. The Morgan fingerprint density at radius 3 is 2.37 bits per heavy atom. The fourth-order valence-corrected chi connectivity index (χ4v) is 4.31. The predicted octanol–water partition coefficient (Wildman–Crippen LogP) is 4.75. The molecular weight excluding hydrogens is 434 g/mol. The van der Waals surface area contributed by atoms with Gasteiger partial charge >= 0.3 is 0 Å². The number of hydrogen-bond acceptors (Lipinski definition) is 4. The van der Waals surface area contributed by atoms with Gasteiger partial charge in [0.1, 0.15) is 0 Å². The molecule has 0 aliphatic carbocycles. The summed E-state index contributed by atoms with van der Waals surface area (Å²) >= 11 is 9.73. The third kappa shape index (κ3) is 3.94. The van der Waals surface area contributed by atoms with Gasteiger partial charge in [-0.2, -0.15) is 0 Å². The van der Waals surface area contributed by atoms with Crippen LogP contribution < -0.4 is 4.90 Å². The normalized spacial score (nSPS) is 19.9. The van der Waals surface area contributed by atoms with Gasteiger partial charge in [0.05, 0.1) is 21.2 Å². The van der Waals surface area contributed by atoms with E-state index in [9.17, 15) is 14.9 Å². The smallest absolute Gasteiger partial charge is 0.271 e. The van der Waals surface area contributed by atoms with Crippen LogP contribution in [0.1, 0.15) is 24.2 Å².